The quantitative estimate of drug-likeness (QED) is 0.526. The van der Waals surface area contributed by atoms with E-state index in [1.54, 1.807) is 0 Å². The van der Waals surface area contributed by atoms with Gasteiger partial charge in [0.05, 0.1) is 4.90 Å². The Morgan fingerprint density at radius 3 is 2.61 bits per heavy atom. The third-order valence-corrected chi connectivity index (χ3v) is 3.52. The maximum absolute atomic E-state index is 11.7. The summed E-state index contributed by atoms with van der Waals surface area (Å²) < 4.78 is 22.3. The van der Waals surface area contributed by atoms with Gasteiger partial charge in [0.1, 0.15) is 0 Å². The van der Waals surface area contributed by atoms with Gasteiger partial charge in [0, 0.05) is 34.2 Å². The molecule has 0 unspecified atom stereocenters. The van der Waals surface area contributed by atoms with E-state index < -0.39 is 15.0 Å². The van der Waals surface area contributed by atoms with Gasteiger partial charge in [0.15, 0.2) is 0 Å². The summed E-state index contributed by atoms with van der Waals surface area (Å²) in [6.45, 7) is 0.296. The molecule has 0 saturated carbocycles. The molecule has 1 amide bonds. The molecule has 0 bridgehead atoms. The molecule has 1 aromatic rings. The van der Waals surface area contributed by atoms with E-state index in [4.69, 9.17) is 28.7 Å². The highest BCUT2D eigenvalue weighted by Crippen LogP contribution is 2.21. The van der Waals surface area contributed by atoms with Gasteiger partial charge in [0.2, 0.25) is 0 Å². The molecule has 0 aliphatic rings. The summed E-state index contributed by atoms with van der Waals surface area (Å²) in [5.41, 5.74) is 0.110. The predicted molar refractivity (Wildman–Crippen MR) is 70.3 cm³/mol. The molecule has 96 valence electrons. The van der Waals surface area contributed by atoms with Gasteiger partial charge >= 0.3 is 0 Å². The smallest absolute Gasteiger partial charge is 0.261 e. The minimum atomic E-state index is -3.93. The molecule has 7 heteroatoms. The summed E-state index contributed by atoms with van der Waals surface area (Å²) in [5, 5.41) is 2.64. The number of rotatable bonds is 4. The Balaban J connectivity index is 3.01. The van der Waals surface area contributed by atoms with E-state index in [2.05, 4.69) is 11.2 Å². The maximum atomic E-state index is 11.7. The van der Waals surface area contributed by atoms with Crippen LogP contribution in [0.15, 0.2) is 23.1 Å². The van der Waals surface area contributed by atoms with Gasteiger partial charge in [-0.05, 0) is 18.2 Å². The van der Waals surface area contributed by atoms with Crippen LogP contribution in [0, 0.1) is 12.3 Å². The number of amides is 1. The summed E-state index contributed by atoms with van der Waals surface area (Å²) in [7, 11) is 1.26. The first-order valence-electron chi connectivity index (χ1n) is 4.81. The summed E-state index contributed by atoms with van der Waals surface area (Å²) in [5.74, 6) is 1.90. The highest BCUT2D eigenvalue weighted by atomic mass is 35.7. The normalized spacial score (nSPS) is 10.7. The molecular formula is C11H9Cl2NO3S. The molecule has 0 radical (unpaired) electrons. The standard InChI is InChI=1S/C11H9Cl2NO3S/c1-2-3-4-14-11(15)8-5-9(12)7-10(6-8)18(13,16)17/h1,5-7H,3-4H2,(H,14,15). The topological polar surface area (TPSA) is 63.2 Å². The predicted octanol–water partition coefficient (Wildman–Crippen LogP) is 2.02. The van der Waals surface area contributed by atoms with Crippen molar-refractivity contribution in [2.24, 2.45) is 0 Å². The van der Waals surface area contributed by atoms with Crippen molar-refractivity contribution in [3.63, 3.8) is 0 Å². The van der Waals surface area contributed by atoms with Gasteiger partial charge in [-0.25, -0.2) is 8.42 Å². The number of hydrogen-bond donors (Lipinski definition) is 1. The number of carbonyl (C=O) groups excluding carboxylic acids is 1. The molecule has 0 aromatic heterocycles. The van der Waals surface area contributed by atoms with E-state index in [-0.39, 0.29) is 15.5 Å². The van der Waals surface area contributed by atoms with E-state index in [1.807, 2.05) is 0 Å². The van der Waals surface area contributed by atoms with E-state index >= 15 is 0 Å². The van der Waals surface area contributed by atoms with Crippen LogP contribution in [-0.2, 0) is 9.05 Å². The molecule has 0 saturated heterocycles. The monoisotopic (exact) mass is 305 g/mol. The second kappa shape index (κ2) is 6.10. The number of benzene rings is 1. The third-order valence-electron chi connectivity index (χ3n) is 1.97. The second-order valence-electron chi connectivity index (χ2n) is 3.32. The van der Waals surface area contributed by atoms with Gasteiger partial charge in [0.25, 0.3) is 15.0 Å². The number of carbonyl (C=O) groups is 1. The lowest BCUT2D eigenvalue weighted by atomic mass is 10.2. The van der Waals surface area contributed by atoms with Crippen LogP contribution in [0.1, 0.15) is 16.8 Å². The minimum absolute atomic E-state index is 0.110. The van der Waals surface area contributed by atoms with Crippen molar-refractivity contribution in [1.82, 2.24) is 5.32 Å². The van der Waals surface area contributed by atoms with E-state index in [0.29, 0.717) is 13.0 Å². The Labute approximate surface area is 115 Å². The van der Waals surface area contributed by atoms with Crippen LogP contribution in [-0.4, -0.2) is 20.9 Å². The maximum Gasteiger partial charge on any atom is 0.261 e. The van der Waals surface area contributed by atoms with Gasteiger partial charge in [-0.3, -0.25) is 4.79 Å². The first kappa shape index (κ1) is 14.8. The fourth-order valence-corrected chi connectivity index (χ4v) is 2.29. The SMILES string of the molecule is C#CCCNC(=O)c1cc(Cl)cc(S(=O)(=O)Cl)c1. The molecular weight excluding hydrogens is 297 g/mol. The van der Waals surface area contributed by atoms with Crippen LogP contribution in [0.2, 0.25) is 5.02 Å². The van der Waals surface area contributed by atoms with Gasteiger partial charge in [-0.15, -0.1) is 12.3 Å². The molecule has 0 heterocycles. The van der Waals surface area contributed by atoms with Gasteiger partial charge in [-0.1, -0.05) is 11.6 Å². The van der Waals surface area contributed by atoms with Crippen molar-refractivity contribution >= 4 is 37.2 Å². The molecule has 4 nitrogen and oxygen atoms in total. The summed E-state index contributed by atoms with van der Waals surface area (Å²) in [6, 6.07) is 3.67. The molecule has 0 spiro atoms. The highest BCUT2D eigenvalue weighted by Gasteiger charge is 2.15. The lowest BCUT2D eigenvalue weighted by Crippen LogP contribution is -2.24. The van der Waals surface area contributed by atoms with Gasteiger partial charge < -0.3 is 5.32 Å². The largest absolute Gasteiger partial charge is 0.351 e. The van der Waals surface area contributed by atoms with Crippen molar-refractivity contribution in [1.29, 1.82) is 0 Å². The average molecular weight is 306 g/mol. The zero-order valence-electron chi connectivity index (χ0n) is 9.11. The van der Waals surface area contributed by atoms with Crippen LogP contribution in [0.5, 0.6) is 0 Å². The van der Waals surface area contributed by atoms with E-state index in [0.717, 1.165) is 6.07 Å². The summed E-state index contributed by atoms with van der Waals surface area (Å²) >= 11 is 5.73. The Morgan fingerprint density at radius 2 is 2.06 bits per heavy atom. The first-order valence-corrected chi connectivity index (χ1v) is 7.50. The van der Waals surface area contributed by atoms with Crippen LogP contribution < -0.4 is 5.32 Å². The zero-order valence-corrected chi connectivity index (χ0v) is 11.4. The minimum Gasteiger partial charge on any atom is -0.351 e. The number of hydrogen-bond acceptors (Lipinski definition) is 3. The Kier molecular flexibility index (Phi) is 5.03. The Bertz CT molecular complexity index is 605. The fourth-order valence-electron chi connectivity index (χ4n) is 1.18. The fraction of sp³-hybridized carbons (Fsp3) is 0.182. The molecule has 0 aliphatic carbocycles. The molecule has 0 atom stereocenters. The zero-order chi connectivity index (χ0) is 13.8. The number of halogens is 2. The molecule has 18 heavy (non-hydrogen) atoms. The lowest BCUT2D eigenvalue weighted by Gasteiger charge is -2.05. The van der Waals surface area contributed by atoms with Crippen LogP contribution >= 0.6 is 22.3 Å². The molecule has 0 aliphatic heterocycles. The van der Waals surface area contributed by atoms with Crippen molar-refractivity contribution in [2.75, 3.05) is 6.54 Å². The van der Waals surface area contributed by atoms with E-state index in [9.17, 15) is 13.2 Å². The Hall–Kier alpha value is -1.22. The van der Waals surface area contributed by atoms with Crippen LogP contribution in [0.4, 0.5) is 0 Å². The summed E-state index contributed by atoms with van der Waals surface area (Å²) in [4.78, 5) is 11.5. The molecule has 0 fully saturated rings. The van der Waals surface area contributed by atoms with Crippen molar-refractivity contribution in [3.05, 3.63) is 28.8 Å². The molecule has 1 aromatic carbocycles. The molecule has 1 rings (SSSR count). The van der Waals surface area contributed by atoms with Crippen LogP contribution in [0.25, 0.3) is 0 Å². The summed E-state index contributed by atoms with van der Waals surface area (Å²) in [6.07, 6.45) is 5.42. The van der Waals surface area contributed by atoms with Crippen molar-refractivity contribution in [2.45, 2.75) is 11.3 Å². The van der Waals surface area contributed by atoms with Crippen molar-refractivity contribution < 1.29 is 13.2 Å². The number of nitrogens with one attached hydrogen (secondary N) is 1. The van der Waals surface area contributed by atoms with Crippen molar-refractivity contribution in [3.8, 4) is 12.3 Å². The Morgan fingerprint density at radius 1 is 1.39 bits per heavy atom. The second-order valence-corrected chi connectivity index (χ2v) is 6.33. The first-order chi connectivity index (χ1) is 8.34. The average Bonchev–Trinajstić information content (AvgIpc) is 2.27. The van der Waals surface area contributed by atoms with Gasteiger partial charge in [-0.2, -0.15) is 0 Å². The lowest BCUT2D eigenvalue weighted by molar-refractivity contribution is 0.0954. The third kappa shape index (κ3) is 4.22. The number of terminal acetylenes is 1. The molecule has 1 N–H and O–H groups in total. The highest BCUT2D eigenvalue weighted by molar-refractivity contribution is 8.13. The van der Waals surface area contributed by atoms with E-state index in [1.165, 1.54) is 12.1 Å². The van der Waals surface area contributed by atoms with Crippen LogP contribution in [0.3, 0.4) is 0 Å².